The lowest BCUT2D eigenvalue weighted by Crippen LogP contribution is -2.30. The van der Waals surface area contributed by atoms with E-state index in [2.05, 4.69) is 20.8 Å². The molecule has 1 N–H and O–H groups in total. The second kappa shape index (κ2) is 8.46. The molecule has 0 amide bonds. The first kappa shape index (κ1) is 19.7. The fourth-order valence-electron chi connectivity index (χ4n) is 2.26. The maximum Gasteiger partial charge on any atom is 0.336 e. The van der Waals surface area contributed by atoms with E-state index >= 15 is 0 Å². The number of carboxylic acid groups (broad SMARTS) is 1. The van der Waals surface area contributed by atoms with E-state index in [4.69, 9.17) is 9.78 Å². The minimum atomic E-state index is -0.982. The SMILES string of the molecule is CC(C)(C)CCCCC(OOC(C)(C)c1ccccc1)C(=O)O. The van der Waals surface area contributed by atoms with E-state index in [9.17, 15) is 9.90 Å². The molecule has 0 fully saturated rings. The van der Waals surface area contributed by atoms with Gasteiger partial charge in [-0.15, -0.1) is 0 Å². The van der Waals surface area contributed by atoms with Crippen molar-refractivity contribution in [3.05, 3.63) is 35.9 Å². The van der Waals surface area contributed by atoms with Gasteiger partial charge in [0.15, 0.2) is 6.10 Å². The molecule has 0 saturated carbocycles. The Morgan fingerprint density at radius 2 is 1.70 bits per heavy atom. The normalized spacial score (nSPS) is 13.8. The summed E-state index contributed by atoms with van der Waals surface area (Å²) in [5, 5.41) is 9.29. The molecule has 0 aromatic heterocycles. The van der Waals surface area contributed by atoms with Crippen molar-refractivity contribution in [1.82, 2.24) is 0 Å². The van der Waals surface area contributed by atoms with E-state index in [1.807, 2.05) is 44.2 Å². The third kappa shape index (κ3) is 7.62. The van der Waals surface area contributed by atoms with Crippen LogP contribution in [0.3, 0.4) is 0 Å². The zero-order chi connectivity index (χ0) is 17.5. The van der Waals surface area contributed by atoms with Crippen molar-refractivity contribution in [3.8, 4) is 0 Å². The summed E-state index contributed by atoms with van der Waals surface area (Å²) in [6.45, 7) is 10.3. The van der Waals surface area contributed by atoms with Gasteiger partial charge in [-0.25, -0.2) is 14.6 Å². The number of benzene rings is 1. The van der Waals surface area contributed by atoms with Gasteiger partial charge >= 0.3 is 5.97 Å². The topological polar surface area (TPSA) is 55.8 Å². The maximum atomic E-state index is 11.3. The van der Waals surface area contributed by atoms with Gasteiger partial charge in [-0.1, -0.05) is 63.9 Å². The second-order valence-electron chi connectivity index (χ2n) is 7.69. The van der Waals surface area contributed by atoms with Gasteiger partial charge in [-0.3, -0.25) is 0 Å². The Hall–Kier alpha value is -1.39. The molecule has 4 heteroatoms. The van der Waals surface area contributed by atoms with E-state index < -0.39 is 17.7 Å². The van der Waals surface area contributed by atoms with Gasteiger partial charge in [0, 0.05) is 0 Å². The number of unbranched alkanes of at least 4 members (excludes halogenated alkanes) is 1. The number of aliphatic carboxylic acids is 1. The Morgan fingerprint density at radius 1 is 1.09 bits per heavy atom. The van der Waals surface area contributed by atoms with Gasteiger partial charge in [-0.05, 0) is 37.7 Å². The highest BCUT2D eigenvalue weighted by Gasteiger charge is 2.27. The lowest BCUT2D eigenvalue weighted by molar-refractivity contribution is -0.377. The van der Waals surface area contributed by atoms with Crippen molar-refractivity contribution in [2.75, 3.05) is 0 Å². The predicted molar refractivity (Wildman–Crippen MR) is 91.0 cm³/mol. The largest absolute Gasteiger partial charge is 0.479 e. The van der Waals surface area contributed by atoms with E-state index in [-0.39, 0.29) is 5.41 Å². The van der Waals surface area contributed by atoms with Gasteiger partial charge in [0.1, 0.15) is 5.60 Å². The zero-order valence-corrected chi connectivity index (χ0v) is 15.0. The summed E-state index contributed by atoms with van der Waals surface area (Å²) in [7, 11) is 0. The molecular formula is C19H30O4. The van der Waals surface area contributed by atoms with Crippen LogP contribution in [0.2, 0.25) is 0 Å². The van der Waals surface area contributed by atoms with Crippen LogP contribution in [0.15, 0.2) is 30.3 Å². The van der Waals surface area contributed by atoms with Crippen LogP contribution in [0.5, 0.6) is 0 Å². The molecule has 0 aliphatic carbocycles. The number of rotatable bonds is 9. The zero-order valence-electron chi connectivity index (χ0n) is 15.0. The van der Waals surface area contributed by atoms with E-state index in [1.165, 1.54) is 0 Å². The molecule has 0 spiro atoms. The Labute approximate surface area is 139 Å². The van der Waals surface area contributed by atoms with Crippen LogP contribution in [-0.2, 0) is 20.2 Å². The van der Waals surface area contributed by atoms with E-state index in [0.717, 1.165) is 24.8 Å². The Bertz CT molecular complexity index is 474. The van der Waals surface area contributed by atoms with E-state index in [0.29, 0.717) is 6.42 Å². The minimum absolute atomic E-state index is 0.269. The molecular weight excluding hydrogens is 292 g/mol. The van der Waals surface area contributed by atoms with Crippen molar-refractivity contribution >= 4 is 5.97 Å². The molecule has 23 heavy (non-hydrogen) atoms. The number of hydrogen-bond donors (Lipinski definition) is 1. The molecule has 1 aromatic carbocycles. The van der Waals surface area contributed by atoms with E-state index in [1.54, 1.807) is 0 Å². The highest BCUT2D eigenvalue weighted by atomic mass is 17.2. The lowest BCUT2D eigenvalue weighted by Gasteiger charge is -2.26. The van der Waals surface area contributed by atoms with Crippen molar-refractivity contribution in [2.24, 2.45) is 5.41 Å². The van der Waals surface area contributed by atoms with Gasteiger partial charge in [0.05, 0.1) is 0 Å². The quantitative estimate of drug-likeness (QED) is 0.398. The Kier molecular flexibility index (Phi) is 7.23. The van der Waals surface area contributed by atoms with Crippen LogP contribution < -0.4 is 0 Å². The molecule has 0 radical (unpaired) electrons. The predicted octanol–water partition coefficient (Wildman–Crippen LogP) is 4.93. The number of carbonyl (C=O) groups is 1. The highest BCUT2D eigenvalue weighted by molar-refractivity contribution is 5.72. The van der Waals surface area contributed by atoms with Crippen molar-refractivity contribution < 1.29 is 19.7 Å². The van der Waals surface area contributed by atoms with Crippen LogP contribution in [0, 0.1) is 5.41 Å². The second-order valence-corrected chi connectivity index (χ2v) is 7.69. The highest BCUT2D eigenvalue weighted by Crippen LogP contribution is 2.26. The summed E-state index contributed by atoms with van der Waals surface area (Å²) in [5.41, 5.74) is 0.517. The average molecular weight is 322 g/mol. The lowest BCUT2D eigenvalue weighted by atomic mass is 9.89. The Balaban J connectivity index is 2.48. The van der Waals surface area contributed by atoms with Crippen LogP contribution >= 0.6 is 0 Å². The van der Waals surface area contributed by atoms with Gasteiger partial charge in [0.2, 0.25) is 0 Å². The fourth-order valence-corrected chi connectivity index (χ4v) is 2.26. The summed E-state index contributed by atoms with van der Waals surface area (Å²) in [6.07, 6.45) is 2.38. The summed E-state index contributed by atoms with van der Waals surface area (Å²) in [4.78, 5) is 22.1. The molecule has 4 nitrogen and oxygen atoms in total. The fraction of sp³-hybridized carbons (Fsp3) is 0.632. The molecule has 130 valence electrons. The molecule has 0 bridgehead atoms. The van der Waals surface area contributed by atoms with Gasteiger partial charge in [0.25, 0.3) is 0 Å². The van der Waals surface area contributed by atoms with Crippen LogP contribution in [-0.4, -0.2) is 17.2 Å². The molecule has 0 heterocycles. The smallest absolute Gasteiger partial charge is 0.336 e. The number of hydrogen-bond acceptors (Lipinski definition) is 3. The molecule has 1 atom stereocenters. The van der Waals surface area contributed by atoms with Crippen LogP contribution in [0.1, 0.15) is 65.9 Å². The van der Waals surface area contributed by atoms with Crippen LogP contribution in [0.4, 0.5) is 0 Å². The standard InChI is InChI=1S/C19H30O4/c1-18(2,3)14-10-9-13-16(17(20)21)22-23-19(4,5)15-11-7-6-8-12-15/h6-8,11-12,16H,9-10,13-14H2,1-5H3,(H,20,21). The summed E-state index contributed by atoms with van der Waals surface area (Å²) in [6, 6.07) is 9.63. The molecule has 0 aliphatic rings. The molecule has 1 aromatic rings. The van der Waals surface area contributed by atoms with Crippen molar-refractivity contribution in [1.29, 1.82) is 0 Å². The molecule has 0 saturated heterocycles. The first-order valence-corrected chi connectivity index (χ1v) is 8.25. The summed E-state index contributed by atoms with van der Waals surface area (Å²) < 4.78 is 0. The third-order valence-corrected chi connectivity index (χ3v) is 3.76. The van der Waals surface area contributed by atoms with Crippen LogP contribution in [0.25, 0.3) is 0 Å². The monoisotopic (exact) mass is 322 g/mol. The summed E-state index contributed by atoms with van der Waals surface area (Å²) in [5.74, 6) is -0.982. The van der Waals surface area contributed by atoms with Crippen molar-refractivity contribution in [3.63, 3.8) is 0 Å². The third-order valence-electron chi connectivity index (χ3n) is 3.76. The van der Waals surface area contributed by atoms with Gasteiger partial charge < -0.3 is 5.11 Å². The van der Waals surface area contributed by atoms with Crippen molar-refractivity contribution in [2.45, 2.75) is 72.0 Å². The first-order valence-electron chi connectivity index (χ1n) is 8.25. The molecule has 1 unspecified atom stereocenters. The minimum Gasteiger partial charge on any atom is -0.479 e. The molecule has 1 rings (SSSR count). The molecule has 0 aliphatic heterocycles. The average Bonchev–Trinajstić information content (AvgIpc) is 2.45. The number of carboxylic acids is 1. The van der Waals surface area contributed by atoms with Gasteiger partial charge in [-0.2, -0.15) is 0 Å². The Morgan fingerprint density at radius 3 is 2.22 bits per heavy atom. The summed E-state index contributed by atoms with van der Waals surface area (Å²) >= 11 is 0. The maximum absolute atomic E-state index is 11.3. The first-order chi connectivity index (χ1) is 10.6.